The van der Waals surface area contributed by atoms with E-state index < -0.39 is 0 Å². The second-order valence-electron chi connectivity index (χ2n) is 4.49. The van der Waals surface area contributed by atoms with E-state index in [1.54, 1.807) is 6.20 Å². The van der Waals surface area contributed by atoms with E-state index in [0.717, 1.165) is 0 Å². The van der Waals surface area contributed by atoms with Crippen LogP contribution in [-0.2, 0) is 11.3 Å². The van der Waals surface area contributed by atoms with Crippen molar-refractivity contribution in [2.45, 2.75) is 20.4 Å². The van der Waals surface area contributed by atoms with Crippen molar-refractivity contribution in [2.24, 2.45) is 11.7 Å². The Labute approximate surface area is 107 Å². The molecule has 0 aromatic carbocycles. The van der Waals surface area contributed by atoms with Gasteiger partial charge < -0.3 is 15.8 Å². The number of hydrogen-bond acceptors (Lipinski definition) is 5. The van der Waals surface area contributed by atoms with Crippen molar-refractivity contribution in [3.05, 3.63) is 22.6 Å². The molecule has 3 N–H and O–H groups in total. The Kier molecular flexibility index (Phi) is 6.38. The Hall–Kier alpha value is -1.40. The van der Waals surface area contributed by atoms with Crippen molar-refractivity contribution in [3.63, 3.8) is 0 Å². The fourth-order valence-electron chi connectivity index (χ4n) is 1.38. The molecule has 1 aromatic rings. The maximum atomic E-state index is 11.7. The Bertz CT molecular complexity index is 403. The second kappa shape index (κ2) is 7.84. The van der Waals surface area contributed by atoms with E-state index in [2.05, 4.69) is 24.3 Å². The number of nitrogens with two attached hydrogens (primary N) is 1. The van der Waals surface area contributed by atoms with Crippen LogP contribution in [-0.4, -0.2) is 36.1 Å². The van der Waals surface area contributed by atoms with Crippen molar-refractivity contribution < 1.29 is 4.74 Å². The Balaban J connectivity index is 2.44. The van der Waals surface area contributed by atoms with Gasteiger partial charge in [-0.3, -0.25) is 4.79 Å². The van der Waals surface area contributed by atoms with Crippen LogP contribution in [0.4, 0.5) is 5.69 Å². The molecule has 0 aliphatic heterocycles. The van der Waals surface area contributed by atoms with Gasteiger partial charge in [0, 0.05) is 25.8 Å². The first-order valence-corrected chi connectivity index (χ1v) is 6.22. The highest BCUT2D eigenvalue weighted by atomic mass is 16.5. The highest BCUT2D eigenvalue weighted by molar-refractivity contribution is 5.38. The van der Waals surface area contributed by atoms with Crippen LogP contribution in [0.3, 0.4) is 0 Å². The molecule has 0 saturated carbocycles. The van der Waals surface area contributed by atoms with E-state index in [-0.39, 0.29) is 5.56 Å². The number of hydrogen-bond donors (Lipinski definition) is 2. The van der Waals surface area contributed by atoms with E-state index in [0.29, 0.717) is 44.5 Å². The molecule has 6 heteroatoms. The van der Waals surface area contributed by atoms with E-state index in [9.17, 15) is 4.79 Å². The van der Waals surface area contributed by atoms with E-state index in [1.807, 2.05) is 0 Å². The molecule has 0 saturated heterocycles. The summed E-state index contributed by atoms with van der Waals surface area (Å²) in [6.45, 7) is 6.99. The molecule has 0 fully saturated rings. The number of ether oxygens (including phenoxy) is 1. The van der Waals surface area contributed by atoms with Crippen LogP contribution in [0.15, 0.2) is 17.1 Å². The maximum absolute atomic E-state index is 11.7. The van der Waals surface area contributed by atoms with Crippen LogP contribution in [0, 0.1) is 5.92 Å². The average Bonchev–Trinajstić information content (AvgIpc) is 2.33. The molecule has 0 unspecified atom stereocenters. The smallest absolute Gasteiger partial charge is 0.268 e. The largest absolute Gasteiger partial charge is 0.382 e. The first-order chi connectivity index (χ1) is 8.63. The monoisotopic (exact) mass is 254 g/mol. The molecule has 1 aromatic heterocycles. The normalized spacial score (nSPS) is 10.9. The van der Waals surface area contributed by atoms with Crippen LogP contribution < -0.4 is 16.6 Å². The van der Waals surface area contributed by atoms with Crippen molar-refractivity contribution in [1.29, 1.82) is 0 Å². The lowest BCUT2D eigenvalue weighted by Crippen LogP contribution is -2.25. The van der Waals surface area contributed by atoms with Gasteiger partial charge in [-0.05, 0) is 5.92 Å². The van der Waals surface area contributed by atoms with Gasteiger partial charge in [0.15, 0.2) is 0 Å². The third-order valence-corrected chi connectivity index (χ3v) is 2.24. The van der Waals surface area contributed by atoms with Crippen LogP contribution in [0.5, 0.6) is 0 Å². The van der Waals surface area contributed by atoms with Gasteiger partial charge in [0.1, 0.15) is 0 Å². The first-order valence-electron chi connectivity index (χ1n) is 6.22. The van der Waals surface area contributed by atoms with Crippen molar-refractivity contribution in [3.8, 4) is 0 Å². The minimum Gasteiger partial charge on any atom is -0.382 e. The zero-order chi connectivity index (χ0) is 13.4. The van der Waals surface area contributed by atoms with E-state index in [4.69, 9.17) is 10.5 Å². The summed E-state index contributed by atoms with van der Waals surface area (Å²) in [6.07, 6.45) is 1.62. The van der Waals surface area contributed by atoms with Crippen LogP contribution in [0.2, 0.25) is 0 Å². The van der Waals surface area contributed by atoms with Gasteiger partial charge in [0.05, 0.1) is 25.0 Å². The highest BCUT2D eigenvalue weighted by Crippen LogP contribution is 1.98. The Morgan fingerprint density at radius 3 is 2.94 bits per heavy atom. The van der Waals surface area contributed by atoms with Gasteiger partial charge in [-0.15, -0.1) is 0 Å². The van der Waals surface area contributed by atoms with Crippen molar-refractivity contribution in [1.82, 2.24) is 9.78 Å². The fourth-order valence-corrected chi connectivity index (χ4v) is 1.38. The summed E-state index contributed by atoms with van der Waals surface area (Å²) in [5.41, 5.74) is 5.93. The summed E-state index contributed by atoms with van der Waals surface area (Å²) in [5, 5.41) is 7.08. The number of nitrogens with zero attached hydrogens (tertiary/aromatic N) is 2. The van der Waals surface area contributed by atoms with Crippen LogP contribution >= 0.6 is 0 Å². The van der Waals surface area contributed by atoms with Gasteiger partial charge in [-0.1, -0.05) is 13.8 Å². The SMILES string of the molecule is CC(C)COCCn1ncc(NCCN)cc1=O. The summed E-state index contributed by atoms with van der Waals surface area (Å²) in [6, 6.07) is 1.52. The molecular formula is C12H22N4O2. The molecule has 0 aliphatic rings. The van der Waals surface area contributed by atoms with Gasteiger partial charge in [0.2, 0.25) is 0 Å². The summed E-state index contributed by atoms with van der Waals surface area (Å²) in [4.78, 5) is 11.7. The molecule has 102 valence electrons. The molecule has 1 heterocycles. The lowest BCUT2D eigenvalue weighted by molar-refractivity contribution is 0.100. The lowest BCUT2D eigenvalue weighted by atomic mass is 10.2. The minimum atomic E-state index is -0.134. The van der Waals surface area contributed by atoms with Gasteiger partial charge in [0.25, 0.3) is 5.56 Å². The summed E-state index contributed by atoms with van der Waals surface area (Å²) < 4.78 is 6.81. The molecular weight excluding hydrogens is 232 g/mol. The molecule has 6 nitrogen and oxygen atoms in total. The summed E-state index contributed by atoms with van der Waals surface area (Å²) in [5.74, 6) is 0.498. The highest BCUT2D eigenvalue weighted by Gasteiger charge is 2.00. The number of rotatable bonds is 8. The fraction of sp³-hybridized carbons (Fsp3) is 0.667. The predicted molar refractivity (Wildman–Crippen MR) is 71.7 cm³/mol. The number of anilines is 1. The van der Waals surface area contributed by atoms with Crippen molar-refractivity contribution >= 4 is 5.69 Å². The van der Waals surface area contributed by atoms with Crippen LogP contribution in [0.1, 0.15) is 13.8 Å². The Morgan fingerprint density at radius 2 is 2.33 bits per heavy atom. The quantitative estimate of drug-likeness (QED) is 0.651. The predicted octanol–water partition coefficient (Wildman–Crippen LogP) is 0.287. The molecule has 0 atom stereocenters. The van der Waals surface area contributed by atoms with Gasteiger partial charge in [-0.25, -0.2) is 4.68 Å². The molecule has 18 heavy (non-hydrogen) atoms. The zero-order valence-electron chi connectivity index (χ0n) is 11.1. The molecule has 0 spiro atoms. The van der Waals surface area contributed by atoms with E-state index >= 15 is 0 Å². The standard InChI is InChI=1S/C12H22N4O2/c1-10(2)9-18-6-5-16-12(17)7-11(8-15-16)14-4-3-13/h7-8,10,14H,3-6,9,13H2,1-2H3. The average molecular weight is 254 g/mol. The topological polar surface area (TPSA) is 82.2 Å². The molecule has 0 amide bonds. The number of aromatic nitrogens is 2. The molecule has 1 rings (SSSR count). The maximum Gasteiger partial charge on any atom is 0.268 e. The van der Waals surface area contributed by atoms with Crippen molar-refractivity contribution in [2.75, 3.05) is 31.6 Å². The molecule has 0 aliphatic carbocycles. The zero-order valence-corrected chi connectivity index (χ0v) is 11.1. The Morgan fingerprint density at radius 1 is 1.56 bits per heavy atom. The molecule has 0 radical (unpaired) electrons. The lowest BCUT2D eigenvalue weighted by Gasteiger charge is -2.09. The van der Waals surface area contributed by atoms with Crippen LogP contribution in [0.25, 0.3) is 0 Å². The number of nitrogens with one attached hydrogen (secondary N) is 1. The first kappa shape index (κ1) is 14.7. The van der Waals surface area contributed by atoms with Gasteiger partial charge >= 0.3 is 0 Å². The minimum absolute atomic E-state index is 0.134. The second-order valence-corrected chi connectivity index (χ2v) is 4.49. The summed E-state index contributed by atoms with van der Waals surface area (Å²) in [7, 11) is 0. The third-order valence-electron chi connectivity index (χ3n) is 2.24. The molecule has 0 bridgehead atoms. The summed E-state index contributed by atoms with van der Waals surface area (Å²) >= 11 is 0. The van der Waals surface area contributed by atoms with E-state index in [1.165, 1.54) is 10.7 Å². The van der Waals surface area contributed by atoms with Gasteiger partial charge in [-0.2, -0.15) is 5.10 Å². The third kappa shape index (κ3) is 5.29.